The quantitative estimate of drug-likeness (QED) is 0.379. The van der Waals surface area contributed by atoms with Gasteiger partial charge in [-0.2, -0.15) is 0 Å². The third-order valence-corrected chi connectivity index (χ3v) is 5.03. The molecule has 0 unspecified atom stereocenters. The largest absolute Gasteiger partial charge is 0.507 e. The Labute approximate surface area is 180 Å². The fourth-order valence-electron chi connectivity index (χ4n) is 3.54. The van der Waals surface area contributed by atoms with Crippen molar-refractivity contribution in [3.05, 3.63) is 59.2 Å². The van der Waals surface area contributed by atoms with E-state index in [1.54, 1.807) is 30.3 Å². The Morgan fingerprint density at radius 3 is 2.42 bits per heavy atom. The molecule has 0 spiro atoms. The Bertz CT molecular complexity index is 997. The predicted octanol–water partition coefficient (Wildman–Crippen LogP) is 2.87. The van der Waals surface area contributed by atoms with Gasteiger partial charge in [-0.1, -0.05) is 6.07 Å². The van der Waals surface area contributed by atoms with Crippen LogP contribution in [0, 0.1) is 0 Å². The second kappa shape index (κ2) is 9.53. The van der Waals surface area contributed by atoms with Crippen LogP contribution in [0.25, 0.3) is 5.76 Å². The first kappa shape index (κ1) is 22.2. The molecule has 3 rings (SSSR count). The molecule has 0 aliphatic carbocycles. The van der Waals surface area contributed by atoms with Crippen molar-refractivity contribution in [1.82, 2.24) is 4.90 Å². The Hall–Kier alpha value is -3.52. The van der Waals surface area contributed by atoms with Crippen molar-refractivity contribution >= 4 is 17.4 Å². The number of likely N-dealkylation sites (tertiary alicyclic amines) is 1. The van der Waals surface area contributed by atoms with E-state index in [-0.39, 0.29) is 36.0 Å². The van der Waals surface area contributed by atoms with Crippen LogP contribution in [0.2, 0.25) is 0 Å². The van der Waals surface area contributed by atoms with Gasteiger partial charge in [-0.25, -0.2) is 0 Å². The highest BCUT2D eigenvalue weighted by Gasteiger charge is 2.46. The van der Waals surface area contributed by atoms with Gasteiger partial charge in [0.05, 0.1) is 31.9 Å². The van der Waals surface area contributed by atoms with Gasteiger partial charge in [0.15, 0.2) is 11.5 Å². The van der Waals surface area contributed by atoms with Crippen molar-refractivity contribution < 1.29 is 34.0 Å². The number of hydrogen-bond donors (Lipinski definition) is 2. The van der Waals surface area contributed by atoms with Crippen LogP contribution in [-0.2, 0) is 14.3 Å². The molecule has 2 N–H and O–H groups in total. The standard InChI is InChI=1S/C23H25NO7/c1-4-31-16-8-5-14(6-9-16)21(26)19-20(15-7-10-17(25)18(13-15)30-3)24(11-12-29-2)23(28)22(19)27/h5-10,13,20,25-26H,4,11-12H2,1-3H3/t20-/m0/s1. The number of aliphatic hydroxyl groups is 1. The number of hydrogen-bond acceptors (Lipinski definition) is 7. The first-order valence-electron chi connectivity index (χ1n) is 9.80. The van der Waals surface area contributed by atoms with Gasteiger partial charge in [0.2, 0.25) is 0 Å². The second-order valence-corrected chi connectivity index (χ2v) is 6.87. The average molecular weight is 427 g/mol. The molecular formula is C23H25NO7. The van der Waals surface area contributed by atoms with Crippen LogP contribution < -0.4 is 9.47 Å². The number of Topliss-reactive ketones (excluding diaryl/α,β-unsaturated/α-hetero) is 1. The molecule has 1 aliphatic rings. The van der Waals surface area contributed by atoms with E-state index in [9.17, 15) is 19.8 Å². The molecule has 1 amide bonds. The molecule has 8 nitrogen and oxygen atoms in total. The molecule has 164 valence electrons. The van der Waals surface area contributed by atoms with Gasteiger partial charge in [0.1, 0.15) is 11.5 Å². The number of amides is 1. The molecule has 1 heterocycles. The number of phenols is 1. The van der Waals surface area contributed by atoms with Gasteiger partial charge >= 0.3 is 0 Å². The lowest BCUT2D eigenvalue weighted by Crippen LogP contribution is -2.32. The van der Waals surface area contributed by atoms with Gasteiger partial charge in [-0.15, -0.1) is 0 Å². The van der Waals surface area contributed by atoms with Crippen LogP contribution >= 0.6 is 0 Å². The summed E-state index contributed by atoms with van der Waals surface area (Å²) in [7, 11) is 2.90. The van der Waals surface area contributed by atoms with Crippen LogP contribution in [0.3, 0.4) is 0 Å². The number of carbonyl (C=O) groups is 2. The maximum atomic E-state index is 12.9. The first-order chi connectivity index (χ1) is 14.9. The predicted molar refractivity (Wildman–Crippen MR) is 113 cm³/mol. The second-order valence-electron chi connectivity index (χ2n) is 6.87. The summed E-state index contributed by atoms with van der Waals surface area (Å²) >= 11 is 0. The summed E-state index contributed by atoms with van der Waals surface area (Å²) in [5.41, 5.74) is 0.847. The van der Waals surface area contributed by atoms with E-state index >= 15 is 0 Å². The molecule has 0 radical (unpaired) electrons. The number of aliphatic hydroxyl groups excluding tert-OH is 1. The Balaban J connectivity index is 2.13. The minimum Gasteiger partial charge on any atom is -0.507 e. The fraction of sp³-hybridized carbons (Fsp3) is 0.304. The van der Waals surface area contributed by atoms with E-state index in [0.717, 1.165) is 0 Å². The average Bonchev–Trinajstić information content (AvgIpc) is 3.03. The van der Waals surface area contributed by atoms with Crippen LogP contribution in [0.5, 0.6) is 17.2 Å². The van der Waals surface area contributed by atoms with E-state index in [2.05, 4.69) is 0 Å². The highest BCUT2D eigenvalue weighted by molar-refractivity contribution is 6.46. The third kappa shape index (κ3) is 4.34. The van der Waals surface area contributed by atoms with Gasteiger partial charge < -0.3 is 29.3 Å². The van der Waals surface area contributed by atoms with Crippen molar-refractivity contribution in [2.45, 2.75) is 13.0 Å². The smallest absolute Gasteiger partial charge is 0.295 e. The number of ether oxygens (including phenoxy) is 3. The molecule has 0 aromatic heterocycles. The van der Waals surface area contributed by atoms with Crippen molar-refractivity contribution in [3.63, 3.8) is 0 Å². The Kier molecular flexibility index (Phi) is 6.81. The third-order valence-electron chi connectivity index (χ3n) is 5.03. The van der Waals surface area contributed by atoms with Crippen LogP contribution in [0.1, 0.15) is 24.1 Å². The van der Waals surface area contributed by atoms with Crippen molar-refractivity contribution in [2.75, 3.05) is 34.0 Å². The monoisotopic (exact) mass is 427 g/mol. The number of phenolic OH excluding ortho intramolecular Hbond substituents is 1. The van der Waals surface area contributed by atoms with E-state index in [0.29, 0.717) is 23.5 Å². The number of ketones is 1. The Morgan fingerprint density at radius 1 is 1.10 bits per heavy atom. The molecule has 1 aliphatic heterocycles. The van der Waals surface area contributed by atoms with Gasteiger partial charge in [0.25, 0.3) is 11.7 Å². The summed E-state index contributed by atoms with van der Waals surface area (Å²) in [5, 5.41) is 21.0. The normalized spacial score (nSPS) is 17.8. The fourth-order valence-corrected chi connectivity index (χ4v) is 3.54. The number of methoxy groups -OCH3 is 2. The number of benzene rings is 2. The highest BCUT2D eigenvalue weighted by atomic mass is 16.5. The highest BCUT2D eigenvalue weighted by Crippen LogP contribution is 2.41. The van der Waals surface area contributed by atoms with Gasteiger partial charge in [0, 0.05) is 19.2 Å². The molecule has 1 saturated heterocycles. The summed E-state index contributed by atoms with van der Waals surface area (Å²) in [6.45, 7) is 2.72. The molecule has 1 fully saturated rings. The van der Waals surface area contributed by atoms with E-state index in [1.807, 2.05) is 6.92 Å². The lowest BCUT2D eigenvalue weighted by Gasteiger charge is -2.25. The first-order valence-corrected chi connectivity index (χ1v) is 9.80. The molecule has 0 saturated carbocycles. The van der Waals surface area contributed by atoms with Crippen molar-refractivity contribution in [2.24, 2.45) is 0 Å². The lowest BCUT2D eigenvalue weighted by molar-refractivity contribution is -0.140. The maximum absolute atomic E-state index is 12.9. The van der Waals surface area contributed by atoms with Crippen LogP contribution in [-0.4, -0.2) is 60.8 Å². The van der Waals surface area contributed by atoms with E-state index in [4.69, 9.17) is 14.2 Å². The molecule has 2 aromatic rings. The molecule has 1 atom stereocenters. The lowest BCUT2D eigenvalue weighted by atomic mass is 9.95. The van der Waals surface area contributed by atoms with E-state index in [1.165, 1.54) is 31.3 Å². The molecule has 8 heteroatoms. The number of aromatic hydroxyl groups is 1. The number of rotatable bonds is 8. The number of carbonyl (C=O) groups excluding carboxylic acids is 2. The summed E-state index contributed by atoms with van der Waals surface area (Å²) in [5.74, 6) is -1.08. The SMILES string of the molecule is CCOc1ccc(C(O)=C2C(=O)C(=O)N(CCOC)[C@H]2c2ccc(O)c(OC)c2)cc1. The van der Waals surface area contributed by atoms with Gasteiger partial charge in [-0.05, 0) is 48.9 Å². The van der Waals surface area contributed by atoms with Crippen molar-refractivity contribution in [3.8, 4) is 17.2 Å². The summed E-state index contributed by atoms with van der Waals surface area (Å²) in [6, 6.07) is 10.3. The van der Waals surface area contributed by atoms with Crippen molar-refractivity contribution in [1.29, 1.82) is 0 Å². The van der Waals surface area contributed by atoms with E-state index < -0.39 is 17.7 Å². The summed E-state index contributed by atoms with van der Waals surface area (Å²) in [4.78, 5) is 27.0. The van der Waals surface area contributed by atoms with Gasteiger partial charge in [-0.3, -0.25) is 9.59 Å². The zero-order valence-corrected chi connectivity index (χ0v) is 17.6. The molecule has 2 aromatic carbocycles. The minimum absolute atomic E-state index is 0.0435. The minimum atomic E-state index is -0.865. The Morgan fingerprint density at radius 2 is 1.81 bits per heavy atom. The molecule has 31 heavy (non-hydrogen) atoms. The number of nitrogens with zero attached hydrogens (tertiary/aromatic N) is 1. The molecule has 0 bridgehead atoms. The molecular weight excluding hydrogens is 402 g/mol. The summed E-state index contributed by atoms with van der Waals surface area (Å²) < 4.78 is 15.7. The van der Waals surface area contributed by atoms with Crippen LogP contribution in [0.15, 0.2) is 48.0 Å². The maximum Gasteiger partial charge on any atom is 0.295 e. The summed E-state index contributed by atoms with van der Waals surface area (Å²) in [6.07, 6.45) is 0. The zero-order valence-electron chi connectivity index (χ0n) is 17.6. The van der Waals surface area contributed by atoms with Crippen LogP contribution in [0.4, 0.5) is 0 Å². The zero-order chi connectivity index (χ0) is 22.5. The topological polar surface area (TPSA) is 106 Å².